The van der Waals surface area contributed by atoms with E-state index in [0.717, 1.165) is 34.0 Å². The highest BCUT2D eigenvalue weighted by molar-refractivity contribution is 6.07. The lowest BCUT2D eigenvalue weighted by Crippen LogP contribution is -2.39. The van der Waals surface area contributed by atoms with Crippen LogP contribution in [0.3, 0.4) is 0 Å². The monoisotopic (exact) mass is 403 g/mol. The fourth-order valence-electron chi connectivity index (χ4n) is 3.94. The number of anilines is 1. The molecule has 0 heterocycles. The SMILES string of the molecule is CCC[C@](C#Cc1ccccc1)(C(=O)Nc1cccc2ccccc12)c1ccccc1. The standard InChI is InChI=1S/C29H25NO/c1-2-21-29(25-16-7-4-8-17-25,22-20-23-12-5-3-6-13-23)28(31)30-27-19-11-15-24-14-9-10-18-26(24)27/h3-19H,2,21H2,1H3,(H,30,31)/t29-/m1/s1. The Morgan fingerprint density at radius 2 is 1.45 bits per heavy atom. The molecule has 4 aromatic carbocycles. The Morgan fingerprint density at radius 1 is 0.806 bits per heavy atom. The average Bonchev–Trinajstić information content (AvgIpc) is 2.83. The van der Waals surface area contributed by atoms with E-state index in [2.05, 4.69) is 36.2 Å². The zero-order chi connectivity index (χ0) is 21.5. The van der Waals surface area contributed by atoms with Crippen LogP contribution in [0, 0.1) is 11.8 Å². The van der Waals surface area contributed by atoms with Crippen molar-refractivity contribution >= 4 is 22.4 Å². The van der Waals surface area contributed by atoms with E-state index in [1.807, 2.05) is 91.0 Å². The minimum Gasteiger partial charge on any atom is -0.324 e. The van der Waals surface area contributed by atoms with E-state index >= 15 is 0 Å². The minimum absolute atomic E-state index is 0.0969. The Balaban J connectivity index is 1.81. The predicted molar refractivity (Wildman–Crippen MR) is 129 cm³/mol. The topological polar surface area (TPSA) is 29.1 Å². The zero-order valence-electron chi connectivity index (χ0n) is 17.6. The summed E-state index contributed by atoms with van der Waals surface area (Å²) in [6.45, 7) is 2.09. The minimum atomic E-state index is -0.942. The third kappa shape index (κ3) is 4.37. The van der Waals surface area contributed by atoms with Crippen LogP contribution in [-0.4, -0.2) is 5.91 Å². The highest BCUT2D eigenvalue weighted by Crippen LogP contribution is 2.32. The highest BCUT2D eigenvalue weighted by Gasteiger charge is 2.38. The molecule has 0 fully saturated rings. The lowest BCUT2D eigenvalue weighted by Gasteiger charge is -2.28. The van der Waals surface area contributed by atoms with Crippen molar-refractivity contribution in [2.75, 3.05) is 5.32 Å². The summed E-state index contributed by atoms with van der Waals surface area (Å²) in [6.07, 6.45) is 1.47. The highest BCUT2D eigenvalue weighted by atomic mass is 16.2. The molecule has 0 radical (unpaired) electrons. The van der Waals surface area contributed by atoms with E-state index in [-0.39, 0.29) is 5.91 Å². The van der Waals surface area contributed by atoms with Crippen molar-refractivity contribution in [2.45, 2.75) is 25.2 Å². The van der Waals surface area contributed by atoms with Gasteiger partial charge < -0.3 is 5.32 Å². The third-order valence-corrected chi connectivity index (χ3v) is 5.51. The molecule has 0 aromatic heterocycles. The Hall–Kier alpha value is -3.83. The van der Waals surface area contributed by atoms with Crippen molar-refractivity contribution in [3.63, 3.8) is 0 Å². The van der Waals surface area contributed by atoms with Gasteiger partial charge in [-0.1, -0.05) is 110 Å². The summed E-state index contributed by atoms with van der Waals surface area (Å²) in [5.41, 5.74) is 1.68. The van der Waals surface area contributed by atoms with Gasteiger partial charge in [0.1, 0.15) is 5.41 Å². The first-order chi connectivity index (χ1) is 15.2. The van der Waals surface area contributed by atoms with Gasteiger partial charge in [0, 0.05) is 16.6 Å². The van der Waals surface area contributed by atoms with E-state index in [1.165, 1.54) is 0 Å². The number of carbonyl (C=O) groups excluding carboxylic acids is 1. The molecule has 4 aromatic rings. The van der Waals surface area contributed by atoms with Crippen LogP contribution in [0.25, 0.3) is 10.8 Å². The maximum atomic E-state index is 13.9. The van der Waals surface area contributed by atoms with Gasteiger partial charge in [-0.05, 0) is 35.6 Å². The van der Waals surface area contributed by atoms with Crippen LogP contribution in [0.15, 0.2) is 103 Å². The van der Waals surface area contributed by atoms with E-state index in [0.29, 0.717) is 6.42 Å². The van der Waals surface area contributed by atoms with E-state index in [1.54, 1.807) is 0 Å². The number of hydrogen-bond acceptors (Lipinski definition) is 1. The van der Waals surface area contributed by atoms with Gasteiger partial charge in [0.15, 0.2) is 0 Å². The summed E-state index contributed by atoms with van der Waals surface area (Å²) in [6, 6.07) is 33.8. The molecule has 1 N–H and O–H groups in total. The van der Waals surface area contributed by atoms with Gasteiger partial charge in [0.05, 0.1) is 0 Å². The van der Waals surface area contributed by atoms with Crippen LogP contribution in [0.1, 0.15) is 30.9 Å². The lowest BCUT2D eigenvalue weighted by atomic mass is 9.76. The van der Waals surface area contributed by atoms with Crippen LogP contribution in [0.2, 0.25) is 0 Å². The number of nitrogens with one attached hydrogen (secondary N) is 1. The molecular weight excluding hydrogens is 378 g/mol. The average molecular weight is 404 g/mol. The second kappa shape index (κ2) is 9.32. The van der Waals surface area contributed by atoms with Crippen LogP contribution < -0.4 is 5.32 Å². The van der Waals surface area contributed by atoms with Crippen molar-refractivity contribution in [3.05, 3.63) is 114 Å². The molecule has 0 unspecified atom stereocenters. The number of amides is 1. The van der Waals surface area contributed by atoms with Crippen LogP contribution in [0.5, 0.6) is 0 Å². The summed E-state index contributed by atoms with van der Waals surface area (Å²) in [5.74, 6) is 6.54. The fraction of sp³-hybridized carbons (Fsp3) is 0.138. The van der Waals surface area contributed by atoms with Crippen molar-refractivity contribution in [1.82, 2.24) is 0 Å². The first-order valence-electron chi connectivity index (χ1n) is 10.7. The first-order valence-corrected chi connectivity index (χ1v) is 10.7. The quantitative estimate of drug-likeness (QED) is 0.375. The van der Waals surface area contributed by atoms with Gasteiger partial charge in [-0.3, -0.25) is 4.79 Å². The van der Waals surface area contributed by atoms with Crippen molar-refractivity contribution in [1.29, 1.82) is 0 Å². The Bertz CT molecular complexity index is 1230. The summed E-state index contributed by atoms with van der Waals surface area (Å²) < 4.78 is 0. The second-order valence-electron chi connectivity index (χ2n) is 7.62. The Kier molecular flexibility index (Phi) is 6.15. The van der Waals surface area contributed by atoms with Gasteiger partial charge >= 0.3 is 0 Å². The predicted octanol–water partition coefficient (Wildman–Crippen LogP) is 6.57. The lowest BCUT2D eigenvalue weighted by molar-refractivity contribution is -0.119. The molecule has 0 aliphatic rings. The Morgan fingerprint density at radius 3 is 2.19 bits per heavy atom. The summed E-state index contributed by atoms with van der Waals surface area (Å²) in [5, 5.41) is 5.32. The Labute approximate surface area is 183 Å². The molecule has 31 heavy (non-hydrogen) atoms. The van der Waals surface area contributed by atoms with Gasteiger partial charge in [-0.25, -0.2) is 0 Å². The van der Waals surface area contributed by atoms with Crippen LogP contribution >= 0.6 is 0 Å². The number of benzene rings is 4. The molecule has 0 saturated carbocycles. The summed E-state index contributed by atoms with van der Waals surface area (Å²) in [4.78, 5) is 13.9. The second-order valence-corrected chi connectivity index (χ2v) is 7.62. The number of hydrogen-bond donors (Lipinski definition) is 1. The van der Waals surface area contributed by atoms with Crippen LogP contribution in [0.4, 0.5) is 5.69 Å². The molecule has 0 saturated heterocycles. The summed E-state index contributed by atoms with van der Waals surface area (Å²) in [7, 11) is 0. The molecule has 152 valence electrons. The van der Waals surface area contributed by atoms with Crippen LogP contribution in [-0.2, 0) is 10.2 Å². The van der Waals surface area contributed by atoms with Gasteiger partial charge in [-0.2, -0.15) is 0 Å². The maximum Gasteiger partial charge on any atom is 0.247 e. The van der Waals surface area contributed by atoms with Gasteiger partial charge in [-0.15, -0.1) is 0 Å². The first kappa shape index (κ1) is 20.4. The fourth-order valence-corrected chi connectivity index (χ4v) is 3.94. The van der Waals surface area contributed by atoms with Crippen molar-refractivity contribution in [2.24, 2.45) is 0 Å². The van der Waals surface area contributed by atoms with Crippen molar-refractivity contribution in [3.8, 4) is 11.8 Å². The largest absolute Gasteiger partial charge is 0.324 e. The molecule has 2 nitrogen and oxygen atoms in total. The smallest absolute Gasteiger partial charge is 0.247 e. The zero-order valence-corrected chi connectivity index (χ0v) is 17.6. The molecule has 2 heteroatoms. The molecule has 1 amide bonds. The molecule has 0 spiro atoms. The molecule has 0 aliphatic heterocycles. The molecule has 4 rings (SSSR count). The third-order valence-electron chi connectivity index (χ3n) is 5.51. The van der Waals surface area contributed by atoms with Gasteiger partial charge in [0.2, 0.25) is 5.91 Å². The maximum absolute atomic E-state index is 13.9. The molecule has 1 atom stereocenters. The van der Waals surface area contributed by atoms with E-state index in [9.17, 15) is 4.79 Å². The molecular formula is C29H25NO. The number of carbonyl (C=O) groups is 1. The summed E-state index contributed by atoms with van der Waals surface area (Å²) >= 11 is 0. The molecule has 0 bridgehead atoms. The van der Waals surface area contributed by atoms with E-state index < -0.39 is 5.41 Å². The number of fused-ring (bicyclic) bond motifs is 1. The van der Waals surface area contributed by atoms with Crippen molar-refractivity contribution < 1.29 is 4.79 Å². The number of rotatable bonds is 5. The normalized spacial score (nSPS) is 12.4. The van der Waals surface area contributed by atoms with Gasteiger partial charge in [0.25, 0.3) is 0 Å². The van der Waals surface area contributed by atoms with E-state index in [4.69, 9.17) is 0 Å². The molecule has 0 aliphatic carbocycles.